The van der Waals surface area contributed by atoms with E-state index >= 15 is 0 Å². The molecule has 0 unspecified atom stereocenters. The van der Waals surface area contributed by atoms with E-state index in [0.717, 1.165) is 29.6 Å². The number of para-hydroxylation sites is 1. The summed E-state index contributed by atoms with van der Waals surface area (Å²) < 4.78 is 2.59. The summed E-state index contributed by atoms with van der Waals surface area (Å²) in [5.41, 5.74) is 4.78. The molecule has 1 aliphatic rings. The quantitative estimate of drug-likeness (QED) is 0.697. The number of aromatic amines is 1. The van der Waals surface area contributed by atoms with Crippen LogP contribution in [0.15, 0.2) is 24.3 Å². The molecule has 4 rings (SSSR count). The molecule has 0 saturated carbocycles. The topological polar surface area (TPSA) is 46.5 Å². The first-order valence-corrected chi connectivity index (χ1v) is 7.19. The first-order valence-electron chi connectivity index (χ1n) is 6.78. The highest BCUT2D eigenvalue weighted by atomic mass is 32.1. The van der Waals surface area contributed by atoms with E-state index < -0.39 is 0 Å². The van der Waals surface area contributed by atoms with E-state index in [1.165, 1.54) is 23.2 Å². The molecule has 0 amide bonds. The summed E-state index contributed by atoms with van der Waals surface area (Å²) in [6, 6.07) is 8.27. The maximum atomic E-state index is 5.25. The molecule has 1 aromatic carbocycles. The van der Waals surface area contributed by atoms with Gasteiger partial charge in [-0.15, -0.1) is 0 Å². The summed E-state index contributed by atoms with van der Waals surface area (Å²) in [5, 5.41) is 8.48. The zero-order valence-corrected chi connectivity index (χ0v) is 12.0. The average Bonchev–Trinajstić information content (AvgIpc) is 3.05. The van der Waals surface area contributed by atoms with Gasteiger partial charge in [-0.1, -0.05) is 18.2 Å². The molecule has 100 valence electrons. The van der Waals surface area contributed by atoms with Gasteiger partial charge in [-0.25, -0.2) is 0 Å². The fraction of sp³-hybridized carbons (Fsp3) is 0.267. The van der Waals surface area contributed by atoms with Crippen molar-refractivity contribution in [1.29, 1.82) is 0 Å². The van der Waals surface area contributed by atoms with Crippen molar-refractivity contribution in [2.75, 3.05) is 0 Å². The molecule has 0 spiro atoms. The third kappa shape index (κ3) is 1.56. The minimum atomic E-state index is 0.646. The summed E-state index contributed by atoms with van der Waals surface area (Å²) in [6.07, 6.45) is 3.30. The molecular weight excluding hydrogens is 268 g/mol. The molecule has 4 nitrogen and oxygen atoms in total. The highest BCUT2D eigenvalue weighted by Gasteiger charge is 2.22. The van der Waals surface area contributed by atoms with Gasteiger partial charge in [0.2, 0.25) is 0 Å². The lowest BCUT2D eigenvalue weighted by Gasteiger charge is -2.11. The standard InChI is InChI=1S/C15H14N4S/c1-19-14(17-18-15(19)20)13-9-5-2-3-7-11(9)16-12-8-4-6-10(12)13/h2-3,5,7H,4,6,8H2,1H3,(H,18,20). The third-order valence-corrected chi connectivity index (χ3v) is 4.39. The normalized spacial score (nSPS) is 13.8. The lowest BCUT2D eigenvalue weighted by Crippen LogP contribution is -2.00. The SMILES string of the molecule is Cn1c(-c2c3c(nc4ccccc24)CCC3)n[nH]c1=S. The van der Waals surface area contributed by atoms with Crippen molar-refractivity contribution in [2.24, 2.45) is 7.05 Å². The van der Waals surface area contributed by atoms with E-state index in [9.17, 15) is 0 Å². The molecule has 5 heteroatoms. The Balaban J connectivity index is 2.17. The number of H-pyrrole nitrogens is 1. The van der Waals surface area contributed by atoms with Crippen LogP contribution in [0.2, 0.25) is 0 Å². The van der Waals surface area contributed by atoms with Gasteiger partial charge in [-0.3, -0.25) is 10.1 Å². The van der Waals surface area contributed by atoms with E-state index in [1.807, 2.05) is 17.7 Å². The lowest BCUT2D eigenvalue weighted by atomic mass is 10.0. The van der Waals surface area contributed by atoms with Crippen LogP contribution in [-0.2, 0) is 19.9 Å². The lowest BCUT2D eigenvalue weighted by molar-refractivity contribution is 0.893. The second kappa shape index (κ2) is 4.24. The number of pyridine rings is 1. The van der Waals surface area contributed by atoms with Crippen LogP contribution in [0.25, 0.3) is 22.3 Å². The van der Waals surface area contributed by atoms with E-state index in [0.29, 0.717) is 4.77 Å². The molecule has 2 aromatic heterocycles. The van der Waals surface area contributed by atoms with E-state index in [2.05, 4.69) is 28.4 Å². The van der Waals surface area contributed by atoms with Crippen molar-refractivity contribution in [1.82, 2.24) is 19.7 Å². The Morgan fingerprint density at radius 3 is 2.90 bits per heavy atom. The Kier molecular flexibility index (Phi) is 2.50. The summed E-state index contributed by atoms with van der Waals surface area (Å²) >= 11 is 5.25. The number of nitrogens with zero attached hydrogens (tertiary/aromatic N) is 3. The Bertz CT molecular complexity index is 875. The van der Waals surface area contributed by atoms with Crippen LogP contribution in [-0.4, -0.2) is 19.7 Å². The monoisotopic (exact) mass is 282 g/mol. The average molecular weight is 282 g/mol. The molecule has 0 bridgehead atoms. The van der Waals surface area contributed by atoms with E-state index in [1.54, 1.807) is 0 Å². The zero-order chi connectivity index (χ0) is 13.7. The van der Waals surface area contributed by atoms with E-state index in [4.69, 9.17) is 17.2 Å². The molecule has 0 atom stereocenters. The summed E-state index contributed by atoms with van der Waals surface area (Å²) in [5.74, 6) is 0.909. The first-order chi connectivity index (χ1) is 9.75. The maximum Gasteiger partial charge on any atom is 0.195 e. The van der Waals surface area contributed by atoms with Gasteiger partial charge in [-0.05, 0) is 43.1 Å². The second-order valence-corrected chi connectivity index (χ2v) is 5.58. The van der Waals surface area contributed by atoms with Gasteiger partial charge in [0, 0.05) is 23.7 Å². The van der Waals surface area contributed by atoms with Gasteiger partial charge >= 0.3 is 0 Å². The van der Waals surface area contributed by atoms with Gasteiger partial charge in [0.15, 0.2) is 10.6 Å². The molecule has 0 aliphatic heterocycles. The first kappa shape index (κ1) is 11.8. The highest BCUT2D eigenvalue weighted by Crippen LogP contribution is 2.35. The molecule has 3 aromatic rings. The Hall–Kier alpha value is -2.01. The number of aryl methyl sites for hydroxylation is 1. The van der Waals surface area contributed by atoms with Gasteiger partial charge in [-0.2, -0.15) is 5.10 Å². The Labute approximate surface area is 121 Å². The summed E-state index contributed by atoms with van der Waals surface area (Å²) in [6.45, 7) is 0. The van der Waals surface area contributed by atoms with Gasteiger partial charge in [0.25, 0.3) is 0 Å². The maximum absolute atomic E-state index is 5.25. The molecule has 0 radical (unpaired) electrons. The van der Waals surface area contributed by atoms with Gasteiger partial charge < -0.3 is 4.57 Å². The molecule has 0 saturated heterocycles. The summed E-state index contributed by atoms with van der Waals surface area (Å²) in [7, 11) is 1.96. The number of aromatic nitrogens is 4. The van der Waals surface area contributed by atoms with Crippen LogP contribution in [0.4, 0.5) is 0 Å². The molecular formula is C15H14N4S. The molecule has 1 N–H and O–H groups in total. The van der Waals surface area contributed by atoms with Crippen LogP contribution in [0, 0.1) is 4.77 Å². The number of rotatable bonds is 1. The van der Waals surface area contributed by atoms with Crippen molar-refractivity contribution in [3.63, 3.8) is 0 Å². The summed E-state index contributed by atoms with van der Waals surface area (Å²) in [4.78, 5) is 4.81. The molecule has 1 aliphatic carbocycles. The largest absolute Gasteiger partial charge is 0.303 e. The minimum Gasteiger partial charge on any atom is -0.303 e. The van der Waals surface area contributed by atoms with Crippen LogP contribution in [0.1, 0.15) is 17.7 Å². The molecule has 2 heterocycles. The van der Waals surface area contributed by atoms with Crippen molar-refractivity contribution >= 4 is 23.1 Å². The Morgan fingerprint density at radius 1 is 1.25 bits per heavy atom. The fourth-order valence-electron chi connectivity index (χ4n) is 3.04. The third-order valence-electron chi connectivity index (χ3n) is 4.02. The van der Waals surface area contributed by atoms with Crippen molar-refractivity contribution in [2.45, 2.75) is 19.3 Å². The zero-order valence-electron chi connectivity index (χ0n) is 11.2. The Morgan fingerprint density at radius 2 is 2.10 bits per heavy atom. The number of nitrogens with one attached hydrogen (secondary N) is 1. The van der Waals surface area contributed by atoms with Gasteiger partial charge in [0.1, 0.15) is 0 Å². The number of hydrogen-bond acceptors (Lipinski definition) is 3. The van der Waals surface area contributed by atoms with Crippen LogP contribution < -0.4 is 0 Å². The predicted octanol–water partition coefficient (Wildman–Crippen LogP) is 3.18. The second-order valence-electron chi connectivity index (χ2n) is 5.19. The highest BCUT2D eigenvalue weighted by molar-refractivity contribution is 7.71. The van der Waals surface area contributed by atoms with Crippen molar-refractivity contribution < 1.29 is 0 Å². The number of benzene rings is 1. The van der Waals surface area contributed by atoms with Crippen LogP contribution in [0.3, 0.4) is 0 Å². The van der Waals surface area contributed by atoms with Crippen LogP contribution in [0.5, 0.6) is 0 Å². The molecule has 20 heavy (non-hydrogen) atoms. The fourth-order valence-corrected chi connectivity index (χ4v) is 3.17. The van der Waals surface area contributed by atoms with E-state index in [-0.39, 0.29) is 0 Å². The molecule has 0 fully saturated rings. The van der Waals surface area contributed by atoms with Crippen LogP contribution >= 0.6 is 12.2 Å². The minimum absolute atomic E-state index is 0.646. The van der Waals surface area contributed by atoms with Crippen molar-refractivity contribution in [3.05, 3.63) is 40.3 Å². The number of fused-ring (bicyclic) bond motifs is 2. The smallest absolute Gasteiger partial charge is 0.195 e. The number of hydrogen-bond donors (Lipinski definition) is 1. The van der Waals surface area contributed by atoms with Gasteiger partial charge in [0.05, 0.1) is 5.52 Å². The predicted molar refractivity (Wildman–Crippen MR) is 81.2 cm³/mol. The van der Waals surface area contributed by atoms with Crippen molar-refractivity contribution in [3.8, 4) is 11.4 Å².